The van der Waals surface area contributed by atoms with E-state index in [1.165, 1.54) is 6.07 Å². The Morgan fingerprint density at radius 3 is 2.67 bits per heavy atom. The molecule has 1 N–H and O–H groups in total. The fraction of sp³-hybridized carbons (Fsp3) is 0.429. The van der Waals surface area contributed by atoms with Gasteiger partial charge in [0.1, 0.15) is 5.82 Å². The summed E-state index contributed by atoms with van der Waals surface area (Å²) in [4.78, 5) is 2.13. The molecule has 0 unspecified atom stereocenters. The summed E-state index contributed by atoms with van der Waals surface area (Å²) < 4.78 is 13.7. The van der Waals surface area contributed by atoms with E-state index in [4.69, 9.17) is 11.6 Å². The first-order valence-corrected chi connectivity index (χ1v) is 6.63. The third kappa shape index (κ3) is 1.91. The fourth-order valence-corrected chi connectivity index (χ4v) is 3.09. The van der Waals surface area contributed by atoms with Crippen molar-refractivity contribution in [3.8, 4) is 0 Å². The van der Waals surface area contributed by atoms with E-state index in [-0.39, 0.29) is 5.82 Å². The summed E-state index contributed by atoms with van der Waals surface area (Å²) in [5.74, 6) is -0.0309. The van der Waals surface area contributed by atoms with E-state index in [9.17, 15) is 9.50 Å². The van der Waals surface area contributed by atoms with Gasteiger partial charge in [0, 0.05) is 24.4 Å². The minimum Gasteiger partial charge on any atom is -0.387 e. The highest BCUT2D eigenvalue weighted by molar-refractivity contribution is 6.32. The van der Waals surface area contributed by atoms with Crippen LogP contribution in [0.5, 0.6) is 0 Å². The molecule has 3 aliphatic rings. The Bertz CT molecular complexity index is 470. The second-order valence-corrected chi connectivity index (χ2v) is 5.38. The fourth-order valence-electron chi connectivity index (χ4n) is 2.88. The van der Waals surface area contributed by atoms with Crippen LogP contribution in [0.2, 0.25) is 5.02 Å². The van der Waals surface area contributed by atoms with E-state index in [2.05, 4.69) is 4.90 Å². The van der Waals surface area contributed by atoms with Gasteiger partial charge in [0.05, 0.1) is 11.1 Å². The maximum absolute atomic E-state index is 13.7. The van der Waals surface area contributed by atoms with Crippen molar-refractivity contribution in [1.82, 2.24) is 4.90 Å². The van der Waals surface area contributed by atoms with Gasteiger partial charge in [0.25, 0.3) is 0 Å². The van der Waals surface area contributed by atoms with E-state index in [0.29, 0.717) is 16.5 Å². The standard InChI is InChI=1S/C14H15ClFNO/c15-11-2-1-3-12(16)10(11)8-13-14(18)9-4-6-17(13)7-5-9/h1-3,8-9,14,18H,4-7H2/b13-8-/t14-/m1/s1. The summed E-state index contributed by atoms with van der Waals surface area (Å²) in [6.07, 6.45) is 3.25. The Labute approximate surface area is 111 Å². The van der Waals surface area contributed by atoms with Crippen molar-refractivity contribution in [2.45, 2.75) is 18.9 Å². The van der Waals surface area contributed by atoms with Crippen LogP contribution in [-0.4, -0.2) is 29.2 Å². The molecule has 0 aromatic heterocycles. The zero-order valence-electron chi connectivity index (χ0n) is 9.94. The first-order chi connectivity index (χ1) is 8.66. The van der Waals surface area contributed by atoms with Crippen LogP contribution in [-0.2, 0) is 0 Å². The van der Waals surface area contributed by atoms with Crippen LogP contribution in [0.15, 0.2) is 23.9 Å². The first-order valence-electron chi connectivity index (χ1n) is 6.25. The van der Waals surface area contributed by atoms with Gasteiger partial charge < -0.3 is 10.0 Å². The molecular formula is C14H15ClFNO. The molecule has 3 aliphatic heterocycles. The van der Waals surface area contributed by atoms with Crippen molar-refractivity contribution in [1.29, 1.82) is 0 Å². The van der Waals surface area contributed by atoms with Crippen LogP contribution >= 0.6 is 11.6 Å². The van der Waals surface area contributed by atoms with Gasteiger partial charge in [0.2, 0.25) is 0 Å². The predicted octanol–water partition coefficient (Wildman–Crippen LogP) is 2.91. The third-order valence-electron chi connectivity index (χ3n) is 3.95. The number of fused-ring (bicyclic) bond motifs is 3. The lowest BCUT2D eigenvalue weighted by Gasteiger charge is -2.46. The number of rotatable bonds is 1. The molecule has 96 valence electrons. The molecule has 0 amide bonds. The average Bonchev–Trinajstić information content (AvgIpc) is 2.37. The summed E-state index contributed by atoms with van der Waals surface area (Å²) >= 11 is 6.01. The zero-order valence-corrected chi connectivity index (χ0v) is 10.7. The van der Waals surface area contributed by atoms with Crippen molar-refractivity contribution >= 4 is 17.7 Å². The normalized spacial score (nSPS) is 29.1. The van der Waals surface area contributed by atoms with Gasteiger partial charge in [-0.25, -0.2) is 4.39 Å². The van der Waals surface area contributed by atoms with E-state index >= 15 is 0 Å². The zero-order chi connectivity index (χ0) is 12.7. The summed E-state index contributed by atoms with van der Waals surface area (Å²) in [6.45, 7) is 1.89. The quantitative estimate of drug-likeness (QED) is 0.846. The summed E-state index contributed by atoms with van der Waals surface area (Å²) in [7, 11) is 0. The van der Waals surface area contributed by atoms with Gasteiger partial charge >= 0.3 is 0 Å². The Hall–Kier alpha value is -1.06. The first kappa shape index (κ1) is 12.0. The maximum atomic E-state index is 13.7. The summed E-state index contributed by atoms with van der Waals surface area (Å²) in [6, 6.07) is 4.64. The number of aliphatic hydroxyl groups excluding tert-OH is 1. The van der Waals surface area contributed by atoms with Gasteiger partial charge in [-0.2, -0.15) is 0 Å². The van der Waals surface area contributed by atoms with Gasteiger partial charge in [-0.3, -0.25) is 0 Å². The topological polar surface area (TPSA) is 23.5 Å². The van der Waals surface area contributed by atoms with Crippen LogP contribution < -0.4 is 0 Å². The Kier molecular flexibility index (Phi) is 3.04. The van der Waals surface area contributed by atoms with E-state index in [1.54, 1.807) is 18.2 Å². The lowest BCUT2D eigenvalue weighted by atomic mass is 9.83. The van der Waals surface area contributed by atoms with Gasteiger partial charge in [-0.15, -0.1) is 0 Å². The third-order valence-corrected chi connectivity index (χ3v) is 4.28. The monoisotopic (exact) mass is 267 g/mol. The molecule has 0 radical (unpaired) electrons. The molecule has 0 spiro atoms. The lowest BCUT2D eigenvalue weighted by molar-refractivity contribution is 0.0215. The Balaban J connectivity index is 2.01. The molecule has 3 fully saturated rings. The van der Waals surface area contributed by atoms with Gasteiger partial charge in [0.15, 0.2) is 0 Å². The van der Waals surface area contributed by atoms with Crippen molar-refractivity contribution in [3.05, 3.63) is 40.3 Å². The number of hydrogen-bond donors (Lipinski definition) is 1. The van der Waals surface area contributed by atoms with E-state index in [1.807, 2.05) is 0 Å². The molecule has 1 aromatic rings. The minimum absolute atomic E-state index is 0.312. The molecular weight excluding hydrogens is 253 g/mol. The van der Waals surface area contributed by atoms with Crippen molar-refractivity contribution in [2.75, 3.05) is 13.1 Å². The molecule has 3 saturated heterocycles. The molecule has 0 saturated carbocycles. The maximum Gasteiger partial charge on any atom is 0.131 e. The van der Waals surface area contributed by atoms with Gasteiger partial charge in [-0.05, 0) is 37.0 Å². The Morgan fingerprint density at radius 2 is 2.06 bits per heavy atom. The summed E-state index contributed by atoms with van der Waals surface area (Å²) in [5.41, 5.74) is 1.19. The second kappa shape index (κ2) is 4.56. The molecule has 1 aromatic carbocycles. The highest BCUT2D eigenvalue weighted by Crippen LogP contribution is 2.36. The summed E-state index contributed by atoms with van der Waals surface area (Å²) in [5, 5.41) is 10.6. The van der Waals surface area contributed by atoms with Crippen LogP contribution in [0.1, 0.15) is 18.4 Å². The predicted molar refractivity (Wildman–Crippen MR) is 69.7 cm³/mol. The highest BCUT2D eigenvalue weighted by atomic mass is 35.5. The molecule has 4 rings (SSSR count). The largest absolute Gasteiger partial charge is 0.387 e. The molecule has 0 aliphatic carbocycles. The Morgan fingerprint density at radius 1 is 1.33 bits per heavy atom. The van der Waals surface area contributed by atoms with Crippen molar-refractivity contribution < 1.29 is 9.50 Å². The number of nitrogens with zero attached hydrogens (tertiary/aromatic N) is 1. The molecule has 2 nitrogen and oxygen atoms in total. The molecule has 2 bridgehead atoms. The van der Waals surface area contributed by atoms with Crippen LogP contribution in [0, 0.1) is 11.7 Å². The number of hydrogen-bond acceptors (Lipinski definition) is 2. The van der Waals surface area contributed by atoms with Crippen molar-refractivity contribution in [2.24, 2.45) is 5.92 Å². The highest BCUT2D eigenvalue weighted by Gasteiger charge is 2.36. The SMILES string of the molecule is O[C@H]1/C(=C/c2c(F)cccc2Cl)N2CCC1CC2. The van der Waals surface area contributed by atoms with E-state index < -0.39 is 6.10 Å². The number of piperidine rings is 3. The van der Waals surface area contributed by atoms with Crippen LogP contribution in [0.3, 0.4) is 0 Å². The molecule has 3 heterocycles. The van der Waals surface area contributed by atoms with Crippen molar-refractivity contribution in [3.63, 3.8) is 0 Å². The van der Waals surface area contributed by atoms with Crippen LogP contribution in [0.4, 0.5) is 4.39 Å². The number of benzene rings is 1. The van der Waals surface area contributed by atoms with Crippen LogP contribution in [0.25, 0.3) is 6.08 Å². The average molecular weight is 268 g/mol. The molecule has 18 heavy (non-hydrogen) atoms. The number of aliphatic hydroxyl groups is 1. The molecule has 1 atom stereocenters. The number of halogens is 2. The second-order valence-electron chi connectivity index (χ2n) is 4.97. The smallest absolute Gasteiger partial charge is 0.131 e. The lowest BCUT2D eigenvalue weighted by Crippen LogP contribution is -2.48. The minimum atomic E-state index is -0.483. The van der Waals surface area contributed by atoms with Gasteiger partial charge in [-0.1, -0.05) is 17.7 Å². The van der Waals surface area contributed by atoms with E-state index in [0.717, 1.165) is 31.6 Å². The molecule has 4 heteroatoms.